The van der Waals surface area contributed by atoms with Crippen LogP contribution in [-0.2, 0) is 14.4 Å². The van der Waals surface area contributed by atoms with Crippen molar-refractivity contribution < 1.29 is 36.9 Å². The number of carbonyl (C=O) groups is 2. The molecule has 0 fully saturated rings. The first-order chi connectivity index (χ1) is 19.6. The topological polar surface area (TPSA) is 145 Å². The van der Waals surface area contributed by atoms with Crippen LogP contribution in [0.5, 0.6) is 0 Å². The van der Waals surface area contributed by atoms with Gasteiger partial charge >= 0.3 is 16.1 Å². The van der Waals surface area contributed by atoms with Gasteiger partial charge in [0.05, 0.1) is 24.2 Å². The smallest absolute Gasteiger partial charge is 0.323 e. The number of nitrogens with zero attached hydrogens (tertiary/aromatic N) is 1. The zero-order valence-electron chi connectivity index (χ0n) is 21.5. The highest BCUT2D eigenvalue weighted by atomic mass is 32.2. The maximum absolute atomic E-state index is 13.3. The van der Waals surface area contributed by atoms with Gasteiger partial charge in [-0.3, -0.25) is 4.79 Å². The Morgan fingerprint density at radius 1 is 0.829 bits per heavy atom. The zero-order valence-corrected chi connectivity index (χ0v) is 22.3. The summed E-state index contributed by atoms with van der Waals surface area (Å²) in [5, 5.41) is 25.0. The minimum atomic E-state index is -4.59. The Morgan fingerprint density at radius 2 is 1.46 bits per heavy atom. The average molecular weight is 580 g/mol. The minimum Gasteiger partial charge on any atom is -0.394 e. The molecule has 3 amide bonds. The summed E-state index contributed by atoms with van der Waals surface area (Å²) in [5.41, 5.74) is 1.93. The molecule has 0 aliphatic carbocycles. The Bertz CT molecular complexity index is 1600. The van der Waals surface area contributed by atoms with Gasteiger partial charge < -0.3 is 20.8 Å². The van der Waals surface area contributed by atoms with Gasteiger partial charge in [0.15, 0.2) is 0 Å². The van der Waals surface area contributed by atoms with Crippen molar-refractivity contribution in [3.8, 4) is 11.1 Å². The second kappa shape index (κ2) is 13.2. The van der Waals surface area contributed by atoms with Crippen molar-refractivity contribution in [2.75, 3.05) is 23.8 Å². The molecule has 1 atom stereocenters. The molecule has 4 rings (SSSR count). The zero-order chi connectivity index (χ0) is 29.4. The standard InChI is InChI=1S/C29H26FN3O7S/c30-23-13-9-20(10-14-23)22-5-4-8-27(17-22)41(38,39)40-33(18-26(35)19-34)28(36)21-11-15-25(16-12-21)32-29(37)31-24-6-2-1-3-7-24/h1-17,26,34-35H,18-19H2,(H2,31,32,37). The number of para-hydroxylation sites is 1. The van der Waals surface area contributed by atoms with Crippen LogP contribution in [0.1, 0.15) is 10.4 Å². The van der Waals surface area contributed by atoms with Crippen LogP contribution in [0, 0.1) is 5.82 Å². The first-order valence-corrected chi connectivity index (χ1v) is 13.7. The Balaban J connectivity index is 1.50. The first kappa shape index (κ1) is 29.4. The number of halogens is 1. The van der Waals surface area contributed by atoms with Crippen molar-refractivity contribution in [2.45, 2.75) is 11.0 Å². The third-order valence-corrected chi connectivity index (χ3v) is 6.93. The number of benzene rings is 4. The molecule has 10 nitrogen and oxygen atoms in total. The quantitative estimate of drug-likeness (QED) is 0.206. The molecule has 0 radical (unpaired) electrons. The van der Waals surface area contributed by atoms with Crippen LogP contribution >= 0.6 is 0 Å². The summed E-state index contributed by atoms with van der Waals surface area (Å²) in [4.78, 5) is 25.1. The molecule has 0 aromatic heterocycles. The number of anilines is 2. The van der Waals surface area contributed by atoms with Crippen molar-refractivity contribution in [3.05, 3.63) is 115 Å². The summed E-state index contributed by atoms with van der Waals surface area (Å²) in [5.74, 6) is -1.37. The van der Waals surface area contributed by atoms with E-state index in [0.29, 0.717) is 27.6 Å². The highest BCUT2D eigenvalue weighted by Crippen LogP contribution is 2.25. The number of aliphatic hydroxyl groups excluding tert-OH is 2. The summed E-state index contributed by atoms with van der Waals surface area (Å²) < 4.78 is 44.7. The van der Waals surface area contributed by atoms with E-state index in [-0.39, 0.29) is 10.5 Å². The molecule has 0 aliphatic rings. The molecule has 0 aliphatic heterocycles. The van der Waals surface area contributed by atoms with Crippen LogP contribution < -0.4 is 10.6 Å². The lowest BCUT2D eigenvalue weighted by atomic mass is 10.1. The number of carbonyl (C=O) groups excluding carboxylic acids is 2. The van der Waals surface area contributed by atoms with Gasteiger partial charge in [-0.15, -0.1) is 4.28 Å². The summed E-state index contributed by atoms with van der Waals surface area (Å²) in [6.45, 7) is -1.42. The molecule has 4 aromatic carbocycles. The molecule has 0 heterocycles. The van der Waals surface area contributed by atoms with E-state index in [1.165, 1.54) is 66.7 Å². The summed E-state index contributed by atoms with van der Waals surface area (Å²) in [6, 6.07) is 24.9. The molecule has 4 N–H and O–H groups in total. The van der Waals surface area contributed by atoms with Crippen molar-refractivity contribution in [2.24, 2.45) is 0 Å². The van der Waals surface area contributed by atoms with E-state index in [1.807, 2.05) is 6.07 Å². The molecule has 0 saturated carbocycles. The molecule has 0 saturated heterocycles. The van der Waals surface area contributed by atoms with Crippen LogP contribution in [0.3, 0.4) is 0 Å². The molecule has 212 valence electrons. The second-order valence-electron chi connectivity index (χ2n) is 8.79. The monoisotopic (exact) mass is 579 g/mol. The van der Waals surface area contributed by atoms with Crippen molar-refractivity contribution in [3.63, 3.8) is 0 Å². The van der Waals surface area contributed by atoms with E-state index in [9.17, 15) is 32.6 Å². The largest absolute Gasteiger partial charge is 0.394 e. The number of hydrogen-bond donors (Lipinski definition) is 4. The fourth-order valence-electron chi connectivity index (χ4n) is 3.69. The second-order valence-corrected chi connectivity index (χ2v) is 10.3. The lowest BCUT2D eigenvalue weighted by Crippen LogP contribution is -2.40. The van der Waals surface area contributed by atoms with Crippen LogP contribution in [0.15, 0.2) is 108 Å². The molecule has 12 heteroatoms. The fourth-order valence-corrected chi connectivity index (χ4v) is 4.65. The number of hydroxylamine groups is 2. The van der Waals surface area contributed by atoms with Gasteiger partial charge in [-0.25, -0.2) is 9.18 Å². The van der Waals surface area contributed by atoms with Gasteiger partial charge in [-0.1, -0.05) is 42.5 Å². The van der Waals surface area contributed by atoms with Crippen molar-refractivity contribution in [1.29, 1.82) is 0 Å². The normalized spacial score (nSPS) is 11.9. The molecular weight excluding hydrogens is 553 g/mol. The van der Waals surface area contributed by atoms with Crippen LogP contribution in [0.25, 0.3) is 11.1 Å². The third-order valence-electron chi connectivity index (χ3n) is 5.72. The molecular formula is C29H26FN3O7S. The van der Waals surface area contributed by atoms with Gasteiger partial charge in [0.25, 0.3) is 5.91 Å². The Labute approximate surface area is 235 Å². The van der Waals surface area contributed by atoms with Crippen molar-refractivity contribution in [1.82, 2.24) is 5.06 Å². The molecule has 4 aromatic rings. The lowest BCUT2D eigenvalue weighted by molar-refractivity contribution is -0.0592. The maximum atomic E-state index is 13.3. The van der Waals surface area contributed by atoms with Crippen molar-refractivity contribution >= 4 is 33.4 Å². The molecule has 41 heavy (non-hydrogen) atoms. The summed E-state index contributed by atoms with van der Waals surface area (Å²) in [6.07, 6.45) is -1.50. The van der Waals surface area contributed by atoms with Gasteiger partial charge in [0.1, 0.15) is 5.82 Å². The number of urea groups is 1. The highest BCUT2D eigenvalue weighted by Gasteiger charge is 2.28. The van der Waals surface area contributed by atoms with E-state index in [0.717, 1.165) is 0 Å². The highest BCUT2D eigenvalue weighted by molar-refractivity contribution is 7.86. The lowest BCUT2D eigenvalue weighted by Gasteiger charge is -2.23. The third kappa shape index (κ3) is 7.96. The van der Waals surface area contributed by atoms with E-state index >= 15 is 0 Å². The van der Waals surface area contributed by atoms with E-state index in [4.69, 9.17) is 4.28 Å². The van der Waals surface area contributed by atoms with Gasteiger partial charge in [-0.2, -0.15) is 13.5 Å². The molecule has 0 bridgehead atoms. The Hall–Kier alpha value is -4.62. The maximum Gasteiger partial charge on any atom is 0.323 e. The van der Waals surface area contributed by atoms with E-state index in [2.05, 4.69) is 10.6 Å². The van der Waals surface area contributed by atoms with Crippen LogP contribution in [-0.4, -0.2) is 54.9 Å². The Kier molecular flexibility index (Phi) is 9.42. The number of amides is 3. The van der Waals surface area contributed by atoms with Gasteiger partial charge in [0, 0.05) is 16.9 Å². The molecule has 1 unspecified atom stereocenters. The van der Waals surface area contributed by atoms with Crippen LogP contribution in [0.2, 0.25) is 0 Å². The summed E-state index contributed by atoms with van der Waals surface area (Å²) in [7, 11) is -4.59. The number of nitrogens with one attached hydrogen (secondary N) is 2. The first-order valence-electron chi connectivity index (χ1n) is 12.3. The van der Waals surface area contributed by atoms with E-state index < -0.39 is 47.1 Å². The fraction of sp³-hybridized carbons (Fsp3) is 0.103. The number of aliphatic hydroxyl groups is 2. The summed E-state index contributed by atoms with van der Waals surface area (Å²) >= 11 is 0. The minimum absolute atomic E-state index is 0.0144. The predicted molar refractivity (Wildman–Crippen MR) is 150 cm³/mol. The SMILES string of the molecule is O=C(Nc1ccccc1)Nc1ccc(C(=O)N(CC(O)CO)OS(=O)(=O)c2cccc(-c3ccc(F)cc3)c2)cc1. The van der Waals surface area contributed by atoms with Gasteiger partial charge in [-0.05, 0) is 71.8 Å². The van der Waals surface area contributed by atoms with Gasteiger partial charge in [0.2, 0.25) is 0 Å². The predicted octanol–water partition coefficient (Wildman–Crippen LogP) is 4.25. The number of hydrogen-bond acceptors (Lipinski definition) is 7. The Morgan fingerprint density at radius 3 is 2.10 bits per heavy atom. The average Bonchev–Trinajstić information content (AvgIpc) is 2.97. The van der Waals surface area contributed by atoms with E-state index in [1.54, 1.807) is 30.3 Å². The number of rotatable bonds is 10. The van der Waals surface area contributed by atoms with Crippen LogP contribution in [0.4, 0.5) is 20.6 Å². The molecule has 0 spiro atoms.